The molecule has 0 aliphatic heterocycles. The number of thioether (sulfide) groups is 1. The SMILES string of the molecule is CCSc1nnc(Cc2ccccc2)n1-c1cccc(C)c1. The van der Waals surface area contributed by atoms with Crippen LogP contribution in [0.3, 0.4) is 0 Å². The van der Waals surface area contributed by atoms with E-state index in [0.717, 1.165) is 28.8 Å². The van der Waals surface area contributed by atoms with Crippen molar-refractivity contribution in [2.24, 2.45) is 0 Å². The Labute approximate surface area is 135 Å². The lowest BCUT2D eigenvalue weighted by atomic mass is 10.1. The molecule has 0 aliphatic rings. The van der Waals surface area contributed by atoms with Crippen molar-refractivity contribution >= 4 is 11.8 Å². The van der Waals surface area contributed by atoms with Crippen LogP contribution in [0.25, 0.3) is 5.69 Å². The van der Waals surface area contributed by atoms with Gasteiger partial charge in [0, 0.05) is 12.1 Å². The fraction of sp³-hybridized carbons (Fsp3) is 0.222. The molecule has 3 nitrogen and oxygen atoms in total. The fourth-order valence-corrected chi connectivity index (χ4v) is 3.14. The van der Waals surface area contributed by atoms with Crippen LogP contribution in [-0.2, 0) is 6.42 Å². The smallest absolute Gasteiger partial charge is 0.195 e. The van der Waals surface area contributed by atoms with Gasteiger partial charge in [-0.25, -0.2) is 0 Å². The van der Waals surface area contributed by atoms with Gasteiger partial charge in [-0.3, -0.25) is 4.57 Å². The highest BCUT2D eigenvalue weighted by Gasteiger charge is 2.14. The first kappa shape index (κ1) is 14.9. The predicted octanol–water partition coefficient (Wildman–Crippen LogP) is 4.28. The van der Waals surface area contributed by atoms with Crippen LogP contribution in [0.15, 0.2) is 59.8 Å². The highest BCUT2D eigenvalue weighted by atomic mass is 32.2. The van der Waals surface area contributed by atoms with Gasteiger partial charge in [0.1, 0.15) is 5.82 Å². The van der Waals surface area contributed by atoms with Crippen LogP contribution in [0.4, 0.5) is 0 Å². The Hall–Kier alpha value is -2.07. The van der Waals surface area contributed by atoms with E-state index < -0.39 is 0 Å². The van der Waals surface area contributed by atoms with Crippen molar-refractivity contribution in [2.75, 3.05) is 5.75 Å². The van der Waals surface area contributed by atoms with E-state index in [1.807, 2.05) is 6.07 Å². The number of aromatic nitrogens is 3. The summed E-state index contributed by atoms with van der Waals surface area (Å²) in [6, 6.07) is 18.9. The van der Waals surface area contributed by atoms with Gasteiger partial charge in [0.2, 0.25) is 0 Å². The minimum atomic E-state index is 0.784. The number of nitrogens with zero attached hydrogens (tertiary/aromatic N) is 3. The summed E-state index contributed by atoms with van der Waals surface area (Å²) in [7, 11) is 0. The lowest BCUT2D eigenvalue weighted by Gasteiger charge is -2.10. The molecule has 0 amide bonds. The summed E-state index contributed by atoms with van der Waals surface area (Å²) in [5.74, 6) is 1.96. The molecule has 0 fully saturated rings. The maximum absolute atomic E-state index is 4.43. The van der Waals surface area contributed by atoms with E-state index in [4.69, 9.17) is 0 Å². The minimum Gasteiger partial charge on any atom is -0.274 e. The largest absolute Gasteiger partial charge is 0.274 e. The molecule has 0 N–H and O–H groups in total. The third-order valence-corrected chi connectivity index (χ3v) is 4.25. The van der Waals surface area contributed by atoms with Gasteiger partial charge in [-0.15, -0.1) is 10.2 Å². The number of aryl methyl sites for hydroxylation is 1. The topological polar surface area (TPSA) is 30.7 Å². The summed E-state index contributed by atoms with van der Waals surface area (Å²) in [6.45, 7) is 4.24. The van der Waals surface area contributed by atoms with Gasteiger partial charge in [0.15, 0.2) is 5.16 Å². The summed E-state index contributed by atoms with van der Waals surface area (Å²) in [6.07, 6.45) is 0.784. The molecule has 0 aliphatic carbocycles. The third-order valence-electron chi connectivity index (χ3n) is 3.44. The highest BCUT2D eigenvalue weighted by Crippen LogP contribution is 2.23. The van der Waals surface area contributed by atoms with Crippen molar-refractivity contribution in [3.63, 3.8) is 0 Å². The molecule has 3 rings (SSSR count). The van der Waals surface area contributed by atoms with Gasteiger partial charge in [0.05, 0.1) is 0 Å². The van der Waals surface area contributed by atoms with Crippen LogP contribution in [0.1, 0.15) is 23.9 Å². The Morgan fingerprint density at radius 2 is 1.82 bits per heavy atom. The van der Waals surface area contributed by atoms with Gasteiger partial charge in [0.25, 0.3) is 0 Å². The molecule has 22 heavy (non-hydrogen) atoms. The summed E-state index contributed by atoms with van der Waals surface area (Å²) < 4.78 is 2.17. The molecule has 0 unspecified atom stereocenters. The van der Waals surface area contributed by atoms with Gasteiger partial charge >= 0.3 is 0 Å². The van der Waals surface area contributed by atoms with Crippen LogP contribution in [0.5, 0.6) is 0 Å². The van der Waals surface area contributed by atoms with Crippen molar-refractivity contribution in [1.82, 2.24) is 14.8 Å². The van der Waals surface area contributed by atoms with Gasteiger partial charge in [-0.05, 0) is 35.9 Å². The van der Waals surface area contributed by atoms with Crippen LogP contribution in [-0.4, -0.2) is 20.5 Å². The molecular weight excluding hydrogens is 290 g/mol. The molecule has 0 radical (unpaired) electrons. The van der Waals surface area contributed by atoms with E-state index >= 15 is 0 Å². The summed E-state index contributed by atoms with van der Waals surface area (Å²) in [5, 5.41) is 9.77. The van der Waals surface area contributed by atoms with Crippen molar-refractivity contribution in [1.29, 1.82) is 0 Å². The summed E-state index contributed by atoms with van der Waals surface area (Å²) in [5.41, 5.74) is 3.62. The van der Waals surface area contributed by atoms with Crippen LogP contribution in [0, 0.1) is 6.92 Å². The first-order valence-electron chi connectivity index (χ1n) is 7.46. The second-order valence-electron chi connectivity index (χ2n) is 5.17. The van der Waals surface area contributed by atoms with Gasteiger partial charge in [-0.1, -0.05) is 61.2 Å². The maximum atomic E-state index is 4.43. The second kappa shape index (κ2) is 6.79. The fourth-order valence-electron chi connectivity index (χ4n) is 2.44. The highest BCUT2D eigenvalue weighted by molar-refractivity contribution is 7.99. The van der Waals surface area contributed by atoms with E-state index in [2.05, 4.69) is 77.1 Å². The van der Waals surface area contributed by atoms with Crippen molar-refractivity contribution in [3.8, 4) is 5.69 Å². The molecular formula is C18H19N3S. The van der Waals surface area contributed by atoms with E-state index in [-0.39, 0.29) is 0 Å². The Bertz CT molecular complexity index is 750. The van der Waals surface area contributed by atoms with Gasteiger partial charge < -0.3 is 0 Å². The Kier molecular flexibility index (Phi) is 4.59. The van der Waals surface area contributed by atoms with Crippen molar-refractivity contribution < 1.29 is 0 Å². The third kappa shape index (κ3) is 3.22. The zero-order valence-electron chi connectivity index (χ0n) is 12.9. The zero-order chi connectivity index (χ0) is 15.4. The minimum absolute atomic E-state index is 0.784. The quantitative estimate of drug-likeness (QED) is 0.659. The summed E-state index contributed by atoms with van der Waals surface area (Å²) >= 11 is 1.72. The number of hydrogen-bond acceptors (Lipinski definition) is 3. The average molecular weight is 309 g/mol. The first-order valence-corrected chi connectivity index (χ1v) is 8.44. The van der Waals surface area contributed by atoms with Crippen molar-refractivity contribution in [2.45, 2.75) is 25.4 Å². The van der Waals surface area contributed by atoms with E-state index in [9.17, 15) is 0 Å². The molecule has 1 heterocycles. The zero-order valence-corrected chi connectivity index (χ0v) is 13.7. The summed E-state index contributed by atoms with van der Waals surface area (Å²) in [4.78, 5) is 0. The van der Waals surface area contributed by atoms with Crippen LogP contribution >= 0.6 is 11.8 Å². The Morgan fingerprint density at radius 1 is 1.00 bits per heavy atom. The lowest BCUT2D eigenvalue weighted by Crippen LogP contribution is -2.04. The Morgan fingerprint density at radius 3 is 2.55 bits per heavy atom. The normalized spacial score (nSPS) is 10.8. The average Bonchev–Trinajstić information content (AvgIpc) is 2.91. The molecule has 112 valence electrons. The first-order chi connectivity index (χ1) is 10.8. The molecule has 0 saturated carbocycles. The van der Waals surface area contributed by atoms with E-state index in [0.29, 0.717) is 0 Å². The lowest BCUT2D eigenvalue weighted by molar-refractivity contribution is 0.847. The number of hydrogen-bond donors (Lipinski definition) is 0. The second-order valence-corrected chi connectivity index (χ2v) is 6.40. The van der Waals surface area contributed by atoms with E-state index in [1.165, 1.54) is 11.1 Å². The van der Waals surface area contributed by atoms with Crippen LogP contribution < -0.4 is 0 Å². The number of benzene rings is 2. The van der Waals surface area contributed by atoms with Gasteiger partial charge in [-0.2, -0.15) is 0 Å². The molecule has 3 aromatic rings. The Balaban J connectivity index is 2.03. The van der Waals surface area contributed by atoms with Crippen molar-refractivity contribution in [3.05, 3.63) is 71.5 Å². The molecule has 2 aromatic carbocycles. The van der Waals surface area contributed by atoms with E-state index in [1.54, 1.807) is 11.8 Å². The monoisotopic (exact) mass is 309 g/mol. The standard InChI is InChI=1S/C18H19N3S/c1-3-22-18-20-19-17(13-15-9-5-4-6-10-15)21(18)16-11-7-8-14(2)12-16/h4-12H,3,13H2,1-2H3. The predicted molar refractivity (Wildman–Crippen MR) is 91.7 cm³/mol. The molecule has 0 spiro atoms. The van der Waals surface area contributed by atoms with Crippen LogP contribution in [0.2, 0.25) is 0 Å². The molecule has 1 aromatic heterocycles. The molecule has 0 saturated heterocycles. The molecule has 4 heteroatoms. The maximum Gasteiger partial charge on any atom is 0.195 e. The molecule has 0 bridgehead atoms. The molecule has 0 atom stereocenters. The number of rotatable bonds is 5.